The molecule has 1 aliphatic carbocycles. The highest BCUT2D eigenvalue weighted by atomic mass is 32.1. The van der Waals surface area contributed by atoms with Gasteiger partial charge in [-0.1, -0.05) is 6.42 Å². The lowest BCUT2D eigenvalue weighted by Gasteiger charge is -2.12. The number of halogens is 1. The summed E-state index contributed by atoms with van der Waals surface area (Å²) < 4.78 is 22.8. The molecule has 1 rings (SSSR count). The van der Waals surface area contributed by atoms with Gasteiger partial charge in [0.2, 0.25) is 0 Å². The van der Waals surface area contributed by atoms with Crippen molar-refractivity contribution < 1.29 is 8.60 Å². The molecule has 3 heteroatoms. The van der Waals surface area contributed by atoms with Crippen LogP contribution in [0.15, 0.2) is 0 Å². The number of hydrogen-bond donors (Lipinski definition) is 0. The Bertz CT molecular complexity index is 107. The molecule has 0 bridgehead atoms. The van der Waals surface area contributed by atoms with Crippen molar-refractivity contribution >= 4 is 11.7 Å². The summed E-state index contributed by atoms with van der Waals surface area (Å²) in [5, 5.41) is -0.251. The van der Waals surface area contributed by atoms with E-state index in [0.717, 1.165) is 19.3 Å². The molecule has 0 saturated heterocycles. The average molecular weight is 149 g/mol. The molecule has 2 unspecified atom stereocenters. The van der Waals surface area contributed by atoms with Gasteiger partial charge >= 0.3 is 11.7 Å². The lowest BCUT2D eigenvalue weighted by molar-refractivity contribution is 0.258. The molecule has 0 N–H and O–H groups in total. The van der Waals surface area contributed by atoms with Crippen LogP contribution >= 0.6 is 0 Å². The summed E-state index contributed by atoms with van der Waals surface area (Å²) >= 11 is 0.429. The molecule has 52 valence electrons. The smallest absolute Gasteiger partial charge is 0.241 e. The minimum absolute atomic E-state index is 0.251. The first-order valence-corrected chi connectivity index (χ1v) is 4.08. The Balaban J connectivity index is 2.38. The molecular formula is C6H10FOS+. The van der Waals surface area contributed by atoms with Crippen LogP contribution in [0, 0.1) is 0 Å². The van der Waals surface area contributed by atoms with Gasteiger partial charge in [-0.15, -0.1) is 0 Å². The zero-order valence-electron chi connectivity index (χ0n) is 5.18. The van der Waals surface area contributed by atoms with Gasteiger partial charge in [-0.2, -0.15) is 0 Å². The van der Waals surface area contributed by atoms with Crippen molar-refractivity contribution in [3.8, 4) is 0 Å². The first-order valence-electron chi connectivity index (χ1n) is 3.27. The summed E-state index contributed by atoms with van der Waals surface area (Å²) in [7, 11) is 0. The average Bonchev–Trinajstić information content (AvgIpc) is 1.89. The molecule has 1 saturated carbocycles. The molecule has 0 aromatic rings. The number of hydrogen-bond acceptors (Lipinski definition) is 1. The van der Waals surface area contributed by atoms with Crippen molar-refractivity contribution in [1.82, 2.24) is 0 Å². The fraction of sp³-hybridized carbons (Fsp3) is 1.00. The zero-order valence-corrected chi connectivity index (χ0v) is 5.99. The lowest BCUT2D eigenvalue weighted by Crippen LogP contribution is -2.24. The van der Waals surface area contributed by atoms with Crippen molar-refractivity contribution in [1.29, 1.82) is 0 Å². The summed E-state index contributed by atoms with van der Waals surface area (Å²) in [6.45, 7) is 0. The van der Waals surface area contributed by atoms with E-state index in [4.69, 9.17) is 0 Å². The fourth-order valence-corrected chi connectivity index (χ4v) is 1.68. The van der Waals surface area contributed by atoms with E-state index in [2.05, 4.69) is 0 Å². The van der Waals surface area contributed by atoms with Crippen LogP contribution < -0.4 is 0 Å². The molecule has 9 heavy (non-hydrogen) atoms. The van der Waals surface area contributed by atoms with Crippen LogP contribution in [0.1, 0.15) is 25.7 Å². The number of rotatable bonds is 1. The van der Waals surface area contributed by atoms with Crippen molar-refractivity contribution in [3.05, 3.63) is 0 Å². The Hall–Kier alpha value is -0.0500. The fourth-order valence-electron chi connectivity index (χ4n) is 1.16. The molecule has 2 atom stereocenters. The highest BCUT2D eigenvalue weighted by Crippen LogP contribution is 2.22. The molecule has 0 aliphatic heterocycles. The van der Waals surface area contributed by atoms with E-state index in [1.807, 2.05) is 0 Å². The first-order chi connectivity index (χ1) is 4.34. The summed E-state index contributed by atoms with van der Waals surface area (Å²) in [5.41, 5.74) is 0. The van der Waals surface area contributed by atoms with Gasteiger partial charge in [0.15, 0.2) is 6.17 Å². The highest BCUT2D eigenvalue weighted by molar-refractivity contribution is 7.66. The van der Waals surface area contributed by atoms with E-state index >= 15 is 0 Å². The topological polar surface area (TPSA) is 17.1 Å². The van der Waals surface area contributed by atoms with Crippen LogP contribution in [0.25, 0.3) is 0 Å². The second-order valence-electron chi connectivity index (χ2n) is 2.44. The Kier molecular flexibility index (Phi) is 2.51. The monoisotopic (exact) mass is 149 g/mol. The molecule has 0 heterocycles. The van der Waals surface area contributed by atoms with Gasteiger partial charge in [0.25, 0.3) is 5.25 Å². The second kappa shape index (κ2) is 3.20. The Morgan fingerprint density at radius 1 is 1.33 bits per heavy atom. The van der Waals surface area contributed by atoms with Gasteiger partial charge in [-0.3, -0.25) is 0 Å². The first kappa shape index (κ1) is 7.06. The van der Waals surface area contributed by atoms with Gasteiger partial charge in [0, 0.05) is 10.6 Å². The molecule has 1 aliphatic rings. The molecule has 0 aromatic carbocycles. The minimum atomic E-state index is -0.832. The molecule has 0 amide bonds. The number of alkyl halides is 1. The molecule has 1 fully saturated rings. The van der Waals surface area contributed by atoms with Gasteiger partial charge in [0.1, 0.15) is 0 Å². The van der Waals surface area contributed by atoms with Crippen LogP contribution in [0.4, 0.5) is 4.39 Å². The predicted octanol–water partition coefficient (Wildman–Crippen LogP) is 1.70. The van der Waals surface area contributed by atoms with Crippen LogP contribution in [0.5, 0.6) is 0 Å². The minimum Gasteiger partial charge on any atom is -0.241 e. The molecular weight excluding hydrogens is 139 g/mol. The largest absolute Gasteiger partial charge is 0.465 e. The van der Waals surface area contributed by atoms with Gasteiger partial charge in [-0.05, 0) is 12.8 Å². The Morgan fingerprint density at radius 2 is 2.00 bits per heavy atom. The predicted molar refractivity (Wildman–Crippen MR) is 35.2 cm³/mol. The second-order valence-corrected chi connectivity index (χ2v) is 3.23. The normalized spacial score (nSPS) is 36.1. The highest BCUT2D eigenvalue weighted by Gasteiger charge is 2.34. The van der Waals surface area contributed by atoms with Crippen LogP contribution in [-0.4, -0.2) is 11.4 Å². The third kappa shape index (κ3) is 1.68. The van der Waals surface area contributed by atoms with E-state index in [-0.39, 0.29) is 5.25 Å². The summed E-state index contributed by atoms with van der Waals surface area (Å²) in [6.07, 6.45) is 2.52. The molecule has 0 radical (unpaired) electrons. The van der Waals surface area contributed by atoms with E-state index in [1.165, 1.54) is 0 Å². The Morgan fingerprint density at radius 3 is 2.44 bits per heavy atom. The van der Waals surface area contributed by atoms with E-state index in [9.17, 15) is 8.60 Å². The van der Waals surface area contributed by atoms with Crippen molar-refractivity contribution in [3.63, 3.8) is 0 Å². The van der Waals surface area contributed by atoms with E-state index in [1.54, 1.807) is 0 Å². The van der Waals surface area contributed by atoms with E-state index < -0.39 is 6.17 Å². The van der Waals surface area contributed by atoms with Gasteiger partial charge in [0.05, 0.1) is 0 Å². The maximum absolute atomic E-state index is 12.6. The van der Waals surface area contributed by atoms with Crippen molar-refractivity contribution in [2.24, 2.45) is 0 Å². The summed E-state index contributed by atoms with van der Waals surface area (Å²) in [5.74, 6) is 0. The SMILES string of the molecule is O=[S+]C1CCCCC1F. The van der Waals surface area contributed by atoms with Crippen molar-refractivity contribution in [2.45, 2.75) is 37.1 Å². The quantitative estimate of drug-likeness (QED) is 0.518. The molecule has 1 nitrogen and oxygen atoms in total. The lowest BCUT2D eigenvalue weighted by atomic mass is 9.98. The van der Waals surface area contributed by atoms with Gasteiger partial charge in [-0.25, -0.2) is 4.39 Å². The Labute approximate surface area is 58.1 Å². The van der Waals surface area contributed by atoms with Gasteiger partial charge < -0.3 is 0 Å². The molecule has 0 spiro atoms. The summed E-state index contributed by atoms with van der Waals surface area (Å²) in [4.78, 5) is 0. The van der Waals surface area contributed by atoms with Crippen LogP contribution in [0.2, 0.25) is 0 Å². The van der Waals surface area contributed by atoms with Crippen molar-refractivity contribution in [2.75, 3.05) is 0 Å². The third-order valence-electron chi connectivity index (χ3n) is 1.75. The zero-order chi connectivity index (χ0) is 6.69. The van der Waals surface area contributed by atoms with Crippen LogP contribution in [-0.2, 0) is 15.9 Å². The third-order valence-corrected chi connectivity index (χ3v) is 2.52. The van der Waals surface area contributed by atoms with Crippen LogP contribution in [0.3, 0.4) is 0 Å². The summed E-state index contributed by atoms with van der Waals surface area (Å²) in [6, 6.07) is 0. The van der Waals surface area contributed by atoms with E-state index in [0.29, 0.717) is 18.1 Å². The maximum Gasteiger partial charge on any atom is 0.465 e. The maximum atomic E-state index is 12.6. The molecule has 0 aromatic heterocycles. The standard InChI is InChI=1S/C6H10FOS/c7-5-3-1-2-4-6(5)9-8/h5-6H,1-4H2/q+1.